The molecule has 4 aromatic rings. The van der Waals surface area contributed by atoms with Crippen molar-refractivity contribution in [2.45, 2.75) is 38.3 Å². The van der Waals surface area contributed by atoms with Crippen LogP contribution in [0, 0.1) is 17.6 Å². The van der Waals surface area contributed by atoms with Gasteiger partial charge in [-0.1, -0.05) is 42.5 Å². The van der Waals surface area contributed by atoms with Crippen molar-refractivity contribution in [1.29, 1.82) is 0 Å². The zero-order valence-corrected chi connectivity index (χ0v) is 20.8. The highest BCUT2D eigenvalue weighted by Crippen LogP contribution is 2.42. The molecule has 3 aromatic carbocycles. The van der Waals surface area contributed by atoms with Gasteiger partial charge in [0.15, 0.2) is 0 Å². The van der Waals surface area contributed by atoms with Crippen LogP contribution >= 0.6 is 0 Å². The van der Waals surface area contributed by atoms with Crippen LogP contribution in [-0.4, -0.2) is 28.2 Å². The fourth-order valence-electron chi connectivity index (χ4n) is 5.42. The van der Waals surface area contributed by atoms with Gasteiger partial charge < -0.3 is 10.2 Å². The maximum absolute atomic E-state index is 14.3. The summed E-state index contributed by atoms with van der Waals surface area (Å²) in [4.78, 5) is 33.4. The molecule has 0 spiro atoms. The largest absolute Gasteiger partial charge is 0.345 e. The van der Waals surface area contributed by atoms with Crippen molar-refractivity contribution in [3.63, 3.8) is 0 Å². The summed E-state index contributed by atoms with van der Waals surface area (Å²) >= 11 is 0. The van der Waals surface area contributed by atoms with E-state index in [0.29, 0.717) is 46.3 Å². The third-order valence-electron chi connectivity index (χ3n) is 7.43. The van der Waals surface area contributed by atoms with Gasteiger partial charge in [-0.3, -0.25) is 9.59 Å². The van der Waals surface area contributed by atoms with Crippen LogP contribution in [0.5, 0.6) is 0 Å². The normalized spacial score (nSPS) is 16.2. The zero-order chi connectivity index (χ0) is 26.2. The third-order valence-corrected chi connectivity index (χ3v) is 7.43. The summed E-state index contributed by atoms with van der Waals surface area (Å²) in [7, 11) is 0. The first-order valence-corrected chi connectivity index (χ1v) is 13.0. The highest BCUT2D eigenvalue weighted by molar-refractivity contribution is 6.09. The van der Waals surface area contributed by atoms with Crippen LogP contribution in [-0.2, 0) is 11.3 Å². The predicted octanol–water partition coefficient (Wildman–Crippen LogP) is 6.18. The van der Waals surface area contributed by atoms with Crippen molar-refractivity contribution in [1.82, 2.24) is 15.2 Å². The second kappa shape index (κ2) is 9.97. The van der Waals surface area contributed by atoms with Gasteiger partial charge in [0.25, 0.3) is 5.91 Å². The van der Waals surface area contributed by atoms with E-state index >= 15 is 0 Å². The molecule has 1 saturated carbocycles. The molecule has 2 fully saturated rings. The van der Waals surface area contributed by atoms with Gasteiger partial charge in [0.1, 0.15) is 11.6 Å². The number of nitrogens with one attached hydrogen (secondary N) is 1. The molecule has 6 rings (SSSR count). The molecular weight excluding hydrogens is 484 g/mol. The molecule has 2 aliphatic rings. The van der Waals surface area contributed by atoms with Gasteiger partial charge in [0.2, 0.25) is 5.91 Å². The van der Waals surface area contributed by atoms with Crippen LogP contribution in [0.2, 0.25) is 0 Å². The Bertz CT molecular complexity index is 1550. The lowest BCUT2D eigenvalue weighted by atomic mass is 9.94. The number of halogens is 2. The Hall–Kier alpha value is -4.13. The molecule has 7 heteroatoms. The van der Waals surface area contributed by atoms with Crippen molar-refractivity contribution in [3.8, 4) is 11.3 Å². The van der Waals surface area contributed by atoms with Crippen LogP contribution in [0.1, 0.15) is 53.2 Å². The fraction of sp³-hybridized carbons (Fsp3) is 0.258. The number of likely N-dealkylation sites (tertiary alicyclic amines) is 1. The molecule has 2 amide bonds. The van der Waals surface area contributed by atoms with E-state index in [1.54, 1.807) is 23.1 Å². The average molecular weight is 512 g/mol. The maximum Gasteiger partial charge on any atom is 0.252 e. The molecule has 1 aromatic heterocycles. The molecular formula is C31H27F2N3O2. The molecule has 1 atom stereocenters. The van der Waals surface area contributed by atoms with Crippen molar-refractivity contribution in [3.05, 3.63) is 101 Å². The Labute approximate surface area is 219 Å². The lowest BCUT2D eigenvalue weighted by Crippen LogP contribution is -2.32. The third kappa shape index (κ3) is 4.76. The molecule has 1 saturated heterocycles. The van der Waals surface area contributed by atoms with E-state index in [9.17, 15) is 18.4 Å². The number of nitrogens with zero attached hydrogens (tertiary/aromatic N) is 2. The van der Waals surface area contributed by atoms with E-state index < -0.39 is 5.82 Å². The standard InChI is InChI=1S/C31H27F2N3O2/c32-22-8-3-6-20(16-22)29(19-13-14-19)35-31(38)28-24-10-1-2-11-26(24)34-30(21-7-4-9-23(33)17-21)25(28)18-36-15-5-12-27(36)37/h1-4,6-11,16-17,19,29H,5,12-15,18H2,(H,35,38)/t29-/m0/s1. The Balaban J connectivity index is 1.51. The number of aromatic nitrogens is 1. The van der Waals surface area contributed by atoms with E-state index in [2.05, 4.69) is 5.32 Å². The summed E-state index contributed by atoms with van der Waals surface area (Å²) in [5.41, 5.74) is 3.33. The minimum Gasteiger partial charge on any atom is -0.345 e. The summed E-state index contributed by atoms with van der Waals surface area (Å²) in [6, 6.07) is 19.5. The number of fused-ring (bicyclic) bond motifs is 1. The molecule has 192 valence electrons. The maximum atomic E-state index is 14.3. The van der Waals surface area contributed by atoms with Crippen molar-refractivity contribution in [2.75, 3.05) is 6.54 Å². The monoisotopic (exact) mass is 511 g/mol. The number of hydrogen-bond acceptors (Lipinski definition) is 3. The minimum absolute atomic E-state index is 0.0188. The summed E-state index contributed by atoms with van der Waals surface area (Å²) in [5, 5.41) is 3.84. The molecule has 0 bridgehead atoms. The minimum atomic E-state index is -0.411. The smallest absolute Gasteiger partial charge is 0.252 e. The van der Waals surface area contributed by atoms with Crippen molar-refractivity contribution in [2.24, 2.45) is 5.92 Å². The van der Waals surface area contributed by atoms with Gasteiger partial charge in [-0.05, 0) is 61.1 Å². The van der Waals surface area contributed by atoms with Crippen molar-refractivity contribution < 1.29 is 18.4 Å². The van der Waals surface area contributed by atoms with E-state index in [0.717, 1.165) is 24.8 Å². The molecule has 1 aliphatic heterocycles. The summed E-state index contributed by atoms with van der Waals surface area (Å²) < 4.78 is 28.4. The summed E-state index contributed by atoms with van der Waals surface area (Å²) in [6.07, 6.45) is 3.10. The molecule has 1 aliphatic carbocycles. The lowest BCUT2D eigenvalue weighted by Gasteiger charge is -2.24. The van der Waals surface area contributed by atoms with Gasteiger partial charge in [-0.25, -0.2) is 13.8 Å². The van der Waals surface area contributed by atoms with Crippen LogP contribution in [0.3, 0.4) is 0 Å². The van der Waals surface area contributed by atoms with Crippen LogP contribution in [0.4, 0.5) is 8.78 Å². The van der Waals surface area contributed by atoms with Gasteiger partial charge in [-0.2, -0.15) is 0 Å². The number of pyridine rings is 1. The lowest BCUT2D eigenvalue weighted by molar-refractivity contribution is -0.128. The number of benzene rings is 3. The second-order valence-corrected chi connectivity index (χ2v) is 10.1. The van der Waals surface area contributed by atoms with Gasteiger partial charge >= 0.3 is 0 Å². The van der Waals surface area contributed by atoms with E-state index in [1.165, 1.54) is 24.3 Å². The number of carbonyl (C=O) groups is 2. The Morgan fingerprint density at radius 3 is 2.47 bits per heavy atom. The molecule has 1 N–H and O–H groups in total. The Morgan fingerprint density at radius 1 is 1.00 bits per heavy atom. The second-order valence-electron chi connectivity index (χ2n) is 10.1. The molecule has 2 heterocycles. The Morgan fingerprint density at radius 2 is 1.76 bits per heavy atom. The van der Waals surface area contributed by atoms with E-state index in [4.69, 9.17) is 4.98 Å². The Kier molecular flexibility index (Phi) is 6.35. The first-order chi connectivity index (χ1) is 18.5. The van der Waals surface area contributed by atoms with Gasteiger partial charge in [0.05, 0.1) is 22.8 Å². The number of amides is 2. The topological polar surface area (TPSA) is 62.3 Å². The van der Waals surface area contributed by atoms with E-state index in [1.807, 2.05) is 30.3 Å². The fourth-order valence-corrected chi connectivity index (χ4v) is 5.42. The summed E-state index contributed by atoms with van der Waals surface area (Å²) in [5.74, 6) is -0.834. The highest BCUT2D eigenvalue weighted by Gasteiger charge is 2.35. The van der Waals surface area contributed by atoms with Crippen LogP contribution in [0.15, 0.2) is 72.8 Å². The number of para-hydroxylation sites is 1. The van der Waals surface area contributed by atoms with Gasteiger partial charge in [0, 0.05) is 36.0 Å². The first-order valence-electron chi connectivity index (χ1n) is 13.0. The molecule has 0 radical (unpaired) electrons. The van der Waals surface area contributed by atoms with Crippen LogP contribution in [0.25, 0.3) is 22.2 Å². The SMILES string of the molecule is O=C(N[C@H](c1cccc(F)c1)C1CC1)c1c(CN2CCCC2=O)c(-c2cccc(F)c2)nc2ccccc12. The van der Waals surface area contributed by atoms with Crippen LogP contribution < -0.4 is 5.32 Å². The first kappa shape index (κ1) is 24.2. The highest BCUT2D eigenvalue weighted by atomic mass is 19.1. The number of carbonyl (C=O) groups excluding carboxylic acids is 2. The van der Waals surface area contributed by atoms with E-state index in [-0.39, 0.29) is 36.1 Å². The van der Waals surface area contributed by atoms with Gasteiger partial charge in [-0.15, -0.1) is 0 Å². The molecule has 38 heavy (non-hydrogen) atoms. The molecule has 0 unspecified atom stereocenters. The van der Waals surface area contributed by atoms with Crippen molar-refractivity contribution >= 4 is 22.7 Å². The number of rotatable bonds is 7. The zero-order valence-electron chi connectivity index (χ0n) is 20.8. The molecule has 5 nitrogen and oxygen atoms in total. The quantitative estimate of drug-likeness (QED) is 0.322. The average Bonchev–Trinajstić information content (AvgIpc) is 3.68. The summed E-state index contributed by atoms with van der Waals surface area (Å²) in [6.45, 7) is 0.780. The number of hydrogen-bond donors (Lipinski definition) is 1. The predicted molar refractivity (Wildman–Crippen MR) is 141 cm³/mol.